The maximum Gasteiger partial charge on any atom is 0.283 e. The van der Waals surface area contributed by atoms with E-state index in [9.17, 15) is 4.79 Å². The minimum atomic E-state index is -1.60. The number of carbonyl (C=O) groups is 1. The van der Waals surface area contributed by atoms with Crippen molar-refractivity contribution in [3.05, 3.63) is 91.4 Å². The van der Waals surface area contributed by atoms with E-state index < -0.39 is 18.1 Å². The zero-order valence-corrected chi connectivity index (χ0v) is 20.5. The van der Waals surface area contributed by atoms with Crippen molar-refractivity contribution in [1.29, 1.82) is 0 Å². The Morgan fingerprint density at radius 1 is 0.879 bits per heavy atom. The quantitative estimate of drug-likeness (QED) is 0.274. The lowest BCUT2D eigenvalue weighted by atomic mass is 9.92. The first-order valence-corrected chi connectivity index (χ1v) is 11.5. The third-order valence-corrected chi connectivity index (χ3v) is 7.83. The van der Waals surface area contributed by atoms with Crippen LogP contribution in [0.1, 0.15) is 27.5 Å². The molecule has 2 aliphatic rings. The van der Waals surface area contributed by atoms with Gasteiger partial charge in [0.1, 0.15) is 5.75 Å². The molecule has 9 heteroatoms. The third kappa shape index (κ3) is 3.11. The zero-order valence-electron chi connectivity index (χ0n) is 17.4. The van der Waals surface area contributed by atoms with Crippen LogP contribution in [0.25, 0.3) is 0 Å². The van der Waals surface area contributed by atoms with Crippen LogP contribution in [0, 0.1) is 0 Å². The van der Waals surface area contributed by atoms with Crippen molar-refractivity contribution < 1.29 is 19.0 Å². The molecular weight excluding hydrogens is 508 g/mol. The molecule has 2 bridgehead atoms. The van der Waals surface area contributed by atoms with Gasteiger partial charge < -0.3 is 19.1 Å². The summed E-state index contributed by atoms with van der Waals surface area (Å²) in [6.45, 7) is 0. The number of hydrogen-bond acceptors (Lipinski definition) is 5. The van der Waals surface area contributed by atoms with E-state index in [2.05, 4.69) is 0 Å². The van der Waals surface area contributed by atoms with Crippen molar-refractivity contribution in [3.63, 3.8) is 0 Å². The van der Waals surface area contributed by atoms with E-state index in [-0.39, 0.29) is 37.0 Å². The molecule has 5 nitrogen and oxygen atoms in total. The zero-order chi connectivity index (χ0) is 23.5. The lowest BCUT2D eigenvalue weighted by Gasteiger charge is -2.41. The van der Waals surface area contributed by atoms with E-state index in [1.807, 2.05) is 59.5 Å². The van der Waals surface area contributed by atoms with Gasteiger partial charge in [-0.25, -0.2) is 0 Å². The van der Waals surface area contributed by atoms with Crippen molar-refractivity contribution in [1.82, 2.24) is 0 Å². The van der Waals surface area contributed by atoms with E-state index in [0.29, 0.717) is 5.75 Å². The molecule has 33 heavy (non-hydrogen) atoms. The highest BCUT2D eigenvalue weighted by atomic mass is 35.5. The molecule has 0 N–H and O–H groups in total. The number of rotatable bonds is 4. The number of Topliss-reactive ketones (excluding diaryl/α,β-unsaturated/α-hetero) is 1. The average Bonchev–Trinajstić information content (AvgIpc) is 3.16. The van der Waals surface area contributed by atoms with Gasteiger partial charge in [-0.1, -0.05) is 82.8 Å². The van der Waals surface area contributed by atoms with Gasteiger partial charge in [0.05, 0.1) is 44.4 Å². The summed E-state index contributed by atoms with van der Waals surface area (Å²) in [5.41, 5.74) is 1.82. The molecule has 0 amide bonds. The molecule has 0 spiro atoms. The first kappa shape index (κ1) is 22.8. The average molecular weight is 525 g/mol. The normalized spacial score (nSPS) is 23.6. The number of nitrogens with zero attached hydrogens (tertiary/aromatic N) is 1. The van der Waals surface area contributed by atoms with Crippen LogP contribution in [0.4, 0.5) is 5.69 Å². The molecule has 5 rings (SSSR count). The highest BCUT2D eigenvalue weighted by Crippen LogP contribution is 2.59. The molecule has 3 aromatic carbocycles. The second kappa shape index (κ2) is 8.35. The number of carbonyl (C=O) groups excluding carboxylic acids is 1. The van der Waals surface area contributed by atoms with Crippen molar-refractivity contribution >= 4 is 57.9 Å². The number of methoxy groups -OCH3 is 2. The minimum absolute atomic E-state index is 0.00286. The summed E-state index contributed by atoms with van der Waals surface area (Å²) < 4.78 is 18.1. The predicted molar refractivity (Wildman–Crippen MR) is 129 cm³/mol. The summed E-state index contributed by atoms with van der Waals surface area (Å²) in [5.74, 6) is -1.39. The van der Waals surface area contributed by atoms with E-state index in [1.54, 1.807) is 7.11 Å². The minimum Gasteiger partial charge on any atom is -0.496 e. The molecule has 3 aromatic rings. The van der Waals surface area contributed by atoms with Crippen LogP contribution in [0.5, 0.6) is 5.75 Å². The highest BCUT2D eigenvalue weighted by molar-refractivity contribution is 6.53. The molecule has 3 atom stereocenters. The SMILES string of the molecule is COc1ccccc1[C@@H]1[C@H]2O[C@](OC)(c3c(Cl)c(Cl)c(Cl)c(Cl)c3C2=O)N1c1ccccc1. The number of fused-ring (bicyclic) bond motifs is 4. The third-order valence-electron chi connectivity index (χ3n) is 6.03. The van der Waals surface area contributed by atoms with Crippen LogP contribution in [-0.4, -0.2) is 26.1 Å². The van der Waals surface area contributed by atoms with Crippen LogP contribution in [0.2, 0.25) is 20.1 Å². The van der Waals surface area contributed by atoms with E-state index in [1.165, 1.54) is 7.11 Å². The fourth-order valence-electron chi connectivity index (χ4n) is 4.67. The maximum atomic E-state index is 13.8. The predicted octanol–water partition coefficient (Wildman–Crippen LogP) is 6.91. The summed E-state index contributed by atoms with van der Waals surface area (Å²) in [7, 11) is 3.05. The van der Waals surface area contributed by atoms with Crippen molar-refractivity contribution in [2.45, 2.75) is 18.1 Å². The maximum absolute atomic E-state index is 13.8. The Hall–Kier alpha value is -1.99. The lowest BCUT2D eigenvalue weighted by Crippen LogP contribution is -2.47. The lowest BCUT2D eigenvalue weighted by molar-refractivity contribution is -0.215. The van der Waals surface area contributed by atoms with Crippen molar-refractivity contribution in [3.8, 4) is 5.75 Å². The summed E-state index contributed by atoms with van der Waals surface area (Å²) in [5, 5.41) is 0.0657. The topological polar surface area (TPSA) is 48.0 Å². The Morgan fingerprint density at radius 3 is 2.18 bits per heavy atom. The second-order valence-electron chi connectivity index (χ2n) is 7.59. The van der Waals surface area contributed by atoms with Crippen LogP contribution in [-0.2, 0) is 15.4 Å². The number of para-hydroxylation sites is 2. The van der Waals surface area contributed by atoms with Crippen LogP contribution in [0.15, 0.2) is 54.6 Å². The van der Waals surface area contributed by atoms with Crippen molar-refractivity contribution in [2.75, 3.05) is 19.1 Å². The van der Waals surface area contributed by atoms with Crippen LogP contribution in [0.3, 0.4) is 0 Å². The Morgan fingerprint density at radius 2 is 1.52 bits per heavy atom. The number of halogens is 4. The van der Waals surface area contributed by atoms with Crippen LogP contribution >= 0.6 is 46.4 Å². The number of anilines is 1. The molecule has 1 fully saturated rings. The number of ketones is 1. The van der Waals surface area contributed by atoms with Gasteiger partial charge in [0, 0.05) is 18.4 Å². The Kier molecular flexibility index (Phi) is 5.76. The molecule has 0 aromatic heterocycles. The van der Waals surface area contributed by atoms with Crippen LogP contribution < -0.4 is 9.64 Å². The van der Waals surface area contributed by atoms with Gasteiger partial charge >= 0.3 is 0 Å². The summed E-state index contributed by atoms with van der Waals surface area (Å²) in [6, 6.07) is 16.2. The molecule has 0 unspecified atom stereocenters. The number of ether oxygens (including phenoxy) is 3. The standard InChI is InChI=1S/C24H17Cl4NO4/c1-31-14-11-7-6-10-13(14)21-23-22(30)15-16(18(26)20(28)19(27)17(15)25)24(32-2,33-23)29(21)12-8-4-3-5-9-12/h3-11,21,23H,1-2H3/t21-,23-,24-/m1/s1. The van der Waals surface area contributed by atoms with E-state index >= 15 is 0 Å². The van der Waals surface area contributed by atoms with E-state index in [0.717, 1.165) is 11.3 Å². The smallest absolute Gasteiger partial charge is 0.283 e. The first-order valence-electron chi connectivity index (χ1n) is 9.98. The summed E-state index contributed by atoms with van der Waals surface area (Å²) in [6.07, 6.45) is -0.986. The van der Waals surface area contributed by atoms with Gasteiger partial charge in [-0.3, -0.25) is 4.79 Å². The molecule has 0 radical (unpaired) electrons. The van der Waals surface area contributed by atoms with Gasteiger partial charge in [0.25, 0.3) is 5.91 Å². The monoisotopic (exact) mass is 523 g/mol. The van der Waals surface area contributed by atoms with E-state index in [4.69, 9.17) is 60.6 Å². The van der Waals surface area contributed by atoms with Crippen molar-refractivity contribution in [2.24, 2.45) is 0 Å². The Balaban J connectivity index is 1.89. The number of hydrogen-bond donors (Lipinski definition) is 0. The molecule has 0 saturated carbocycles. The Bertz CT molecular complexity index is 1270. The van der Waals surface area contributed by atoms with Gasteiger partial charge in [-0.2, -0.15) is 0 Å². The largest absolute Gasteiger partial charge is 0.496 e. The Labute approximate surface area is 210 Å². The molecule has 1 saturated heterocycles. The highest BCUT2D eigenvalue weighted by Gasteiger charge is 2.64. The molecule has 2 aliphatic heterocycles. The molecule has 0 aliphatic carbocycles. The summed E-state index contributed by atoms with van der Waals surface area (Å²) in [4.78, 5) is 15.7. The van der Waals surface area contributed by atoms with Gasteiger partial charge in [-0.05, 0) is 18.2 Å². The van der Waals surface area contributed by atoms with Gasteiger partial charge in [-0.15, -0.1) is 0 Å². The summed E-state index contributed by atoms with van der Waals surface area (Å²) >= 11 is 26.0. The molecule has 170 valence electrons. The second-order valence-corrected chi connectivity index (χ2v) is 9.10. The number of benzene rings is 3. The first-order chi connectivity index (χ1) is 15.9. The molecule has 2 heterocycles. The fraction of sp³-hybridized carbons (Fsp3) is 0.208. The van der Waals surface area contributed by atoms with Gasteiger partial charge in [0.2, 0.25) is 0 Å². The molecular formula is C24H17Cl4NO4. The van der Waals surface area contributed by atoms with Gasteiger partial charge in [0.15, 0.2) is 11.9 Å². The fourth-order valence-corrected chi connectivity index (χ4v) is 5.74.